The maximum Gasteiger partial charge on any atom is 0.312 e. The molecular formula is C13H22O2. The maximum atomic E-state index is 12.0. The highest BCUT2D eigenvalue weighted by Crippen LogP contribution is 2.61. The molecular weight excluding hydrogens is 188 g/mol. The van der Waals surface area contributed by atoms with Crippen LogP contribution in [0, 0.1) is 29.1 Å². The SMILES string of the molecule is CCOC(=O)C1(C)CC2CC1C(C)C2C. The van der Waals surface area contributed by atoms with Gasteiger partial charge in [-0.3, -0.25) is 4.79 Å². The summed E-state index contributed by atoms with van der Waals surface area (Å²) >= 11 is 0. The predicted octanol–water partition coefficient (Wildman–Crippen LogP) is 2.87. The van der Waals surface area contributed by atoms with Gasteiger partial charge in [-0.15, -0.1) is 0 Å². The minimum absolute atomic E-state index is 0.0382. The van der Waals surface area contributed by atoms with Gasteiger partial charge < -0.3 is 4.74 Å². The van der Waals surface area contributed by atoms with E-state index >= 15 is 0 Å². The lowest BCUT2D eigenvalue weighted by atomic mass is 9.67. The largest absolute Gasteiger partial charge is 0.466 e. The van der Waals surface area contributed by atoms with Gasteiger partial charge in [-0.25, -0.2) is 0 Å². The highest BCUT2D eigenvalue weighted by atomic mass is 16.5. The third-order valence-corrected chi connectivity index (χ3v) is 5.01. The quantitative estimate of drug-likeness (QED) is 0.655. The van der Waals surface area contributed by atoms with Crippen LogP contribution in [0.3, 0.4) is 0 Å². The van der Waals surface area contributed by atoms with Crippen molar-refractivity contribution in [3.8, 4) is 0 Å². The van der Waals surface area contributed by atoms with Gasteiger partial charge in [0.05, 0.1) is 12.0 Å². The van der Waals surface area contributed by atoms with Crippen LogP contribution in [-0.2, 0) is 9.53 Å². The number of carbonyl (C=O) groups excluding carboxylic acids is 1. The summed E-state index contributed by atoms with van der Waals surface area (Å²) in [7, 11) is 0. The van der Waals surface area contributed by atoms with E-state index in [1.807, 2.05) is 6.92 Å². The van der Waals surface area contributed by atoms with Gasteiger partial charge in [0.15, 0.2) is 0 Å². The van der Waals surface area contributed by atoms with Gasteiger partial charge in [0.2, 0.25) is 0 Å². The molecule has 0 heterocycles. The smallest absolute Gasteiger partial charge is 0.312 e. The molecule has 2 aliphatic rings. The molecule has 0 N–H and O–H groups in total. The van der Waals surface area contributed by atoms with Crippen molar-refractivity contribution in [1.82, 2.24) is 0 Å². The molecule has 0 aromatic rings. The van der Waals surface area contributed by atoms with Crippen LogP contribution in [0.5, 0.6) is 0 Å². The van der Waals surface area contributed by atoms with Crippen LogP contribution in [0.15, 0.2) is 0 Å². The number of esters is 1. The molecule has 2 nitrogen and oxygen atoms in total. The van der Waals surface area contributed by atoms with Gasteiger partial charge in [0, 0.05) is 0 Å². The van der Waals surface area contributed by atoms with E-state index in [9.17, 15) is 4.79 Å². The zero-order chi connectivity index (χ0) is 11.2. The van der Waals surface area contributed by atoms with E-state index in [1.165, 1.54) is 6.42 Å². The lowest BCUT2D eigenvalue weighted by molar-refractivity contribution is -0.159. The van der Waals surface area contributed by atoms with E-state index in [2.05, 4.69) is 20.8 Å². The van der Waals surface area contributed by atoms with Crippen molar-refractivity contribution in [2.75, 3.05) is 6.61 Å². The topological polar surface area (TPSA) is 26.3 Å². The molecule has 2 aliphatic carbocycles. The van der Waals surface area contributed by atoms with Crippen LogP contribution in [0.25, 0.3) is 0 Å². The molecule has 0 saturated heterocycles. The predicted molar refractivity (Wildman–Crippen MR) is 59.3 cm³/mol. The normalized spacial score (nSPS) is 48.3. The fraction of sp³-hybridized carbons (Fsp3) is 0.923. The number of hydrogen-bond acceptors (Lipinski definition) is 2. The molecule has 2 bridgehead atoms. The zero-order valence-electron chi connectivity index (χ0n) is 10.2. The van der Waals surface area contributed by atoms with E-state index in [-0.39, 0.29) is 11.4 Å². The Morgan fingerprint density at radius 1 is 1.40 bits per heavy atom. The maximum absolute atomic E-state index is 12.0. The van der Waals surface area contributed by atoms with E-state index < -0.39 is 0 Å². The lowest BCUT2D eigenvalue weighted by Gasteiger charge is -2.38. The van der Waals surface area contributed by atoms with Crippen LogP contribution in [-0.4, -0.2) is 12.6 Å². The minimum atomic E-state index is -0.188. The number of rotatable bonds is 2. The summed E-state index contributed by atoms with van der Waals surface area (Å²) in [5.41, 5.74) is -0.188. The first kappa shape index (κ1) is 11.0. The summed E-state index contributed by atoms with van der Waals surface area (Å²) in [5.74, 6) is 2.81. The monoisotopic (exact) mass is 210 g/mol. The molecule has 2 fully saturated rings. The highest BCUT2D eigenvalue weighted by molar-refractivity contribution is 5.77. The van der Waals surface area contributed by atoms with Gasteiger partial charge in [0.1, 0.15) is 0 Å². The van der Waals surface area contributed by atoms with Crippen molar-refractivity contribution in [2.24, 2.45) is 29.1 Å². The van der Waals surface area contributed by atoms with Crippen molar-refractivity contribution in [3.63, 3.8) is 0 Å². The molecule has 15 heavy (non-hydrogen) atoms. The fourth-order valence-corrected chi connectivity index (χ4v) is 3.89. The van der Waals surface area contributed by atoms with Crippen molar-refractivity contribution >= 4 is 5.97 Å². The van der Waals surface area contributed by atoms with Gasteiger partial charge in [-0.2, -0.15) is 0 Å². The Morgan fingerprint density at radius 3 is 2.53 bits per heavy atom. The summed E-state index contributed by atoms with van der Waals surface area (Å²) in [6.45, 7) is 9.14. The summed E-state index contributed by atoms with van der Waals surface area (Å²) in [6.07, 6.45) is 2.28. The molecule has 0 amide bonds. The first-order chi connectivity index (χ1) is 7.00. The summed E-state index contributed by atoms with van der Waals surface area (Å²) in [4.78, 5) is 12.0. The molecule has 2 saturated carbocycles. The third-order valence-electron chi connectivity index (χ3n) is 5.01. The van der Waals surface area contributed by atoms with Crippen molar-refractivity contribution in [1.29, 1.82) is 0 Å². The Kier molecular flexibility index (Phi) is 2.56. The van der Waals surface area contributed by atoms with E-state index in [1.54, 1.807) is 0 Å². The van der Waals surface area contributed by atoms with Crippen molar-refractivity contribution in [3.05, 3.63) is 0 Å². The molecule has 0 aliphatic heterocycles. The Bertz CT molecular complexity index is 272. The number of carbonyl (C=O) groups is 1. The van der Waals surface area contributed by atoms with Crippen LogP contribution < -0.4 is 0 Å². The standard InChI is InChI=1S/C13H22O2/c1-5-15-12(14)13(4)7-10-6-11(13)9(3)8(10)2/h8-11H,5-7H2,1-4H3. The minimum Gasteiger partial charge on any atom is -0.466 e. The molecule has 0 radical (unpaired) electrons. The van der Waals surface area contributed by atoms with Gasteiger partial charge in [0.25, 0.3) is 0 Å². The lowest BCUT2D eigenvalue weighted by Crippen LogP contribution is -2.40. The second-order valence-corrected chi connectivity index (χ2v) is 5.66. The van der Waals surface area contributed by atoms with E-state index in [0.29, 0.717) is 18.4 Å². The molecule has 2 heteroatoms. The number of hydrogen-bond donors (Lipinski definition) is 0. The molecule has 2 rings (SSSR count). The summed E-state index contributed by atoms with van der Waals surface area (Å²) < 4.78 is 5.23. The summed E-state index contributed by atoms with van der Waals surface area (Å²) in [5, 5.41) is 0. The molecule has 86 valence electrons. The van der Waals surface area contributed by atoms with Crippen molar-refractivity contribution < 1.29 is 9.53 Å². The van der Waals surface area contributed by atoms with E-state index in [0.717, 1.165) is 18.3 Å². The van der Waals surface area contributed by atoms with Crippen LogP contribution in [0.1, 0.15) is 40.5 Å². The average molecular weight is 210 g/mol. The van der Waals surface area contributed by atoms with Crippen LogP contribution in [0.2, 0.25) is 0 Å². The second-order valence-electron chi connectivity index (χ2n) is 5.66. The second kappa shape index (κ2) is 3.50. The Balaban J connectivity index is 2.16. The molecule has 0 spiro atoms. The molecule has 0 aromatic carbocycles. The van der Waals surface area contributed by atoms with Crippen LogP contribution in [0.4, 0.5) is 0 Å². The van der Waals surface area contributed by atoms with Gasteiger partial charge >= 0.3 is 5.97 Å². The highest BCUT2D eigenvalue weighted by Gasteiger charge is 2.58. The Morgan fingerprint density at radius 2 is 2.07 bits per heavy atom. The van der Waals surface area contributed by atoms with Gasteiger partial charge in [-0.05, 0) is 50.4 Å². The molecule has 0 aromatic heterocycles. The molecule has 5 unspecified atom stereocenters. The first-order valence-corrected chi connectivity index (χ1v) is 6.18. The zero-order valence-corrected chi connectivity index (χ0v) is 10.2. The fourth-order valence-electron chi connectivity index (χ4n) is 3.89. The van der Waals surface area contributed by atoms with E-state index in [4.69, 9.17) is 4.74 Å². The molecule has 5 atom stereocenters. The van der Waals surface area contributed by atoms with Crippen molar-refractivity contribution in [2.45, 2.75) is 40.5 Å². The average Bonchev–Trinajstić information content (AvgIpc) is 2.66. The summed E-state index contributed by atoms with van der Waals surface area (Å²) in [6, 6.07) is 0. The van der Waals surface area contributed by atoms with Gasteiger partial charge in [-0.1, -0.05) is 13.8 Å². The van der Waals surface area contributed by atoms with Crippen LogP contribution >= 0.6 is 0 Å². The third kappa shape index (κ3) is 1.41. The number of fused-ring (bicyclic) bond motifs is 2. The number of ether oxygens (including phenoxy) is 1. The Hall–Kier alpha value is -0.530. The Labute approximate surface area is 92.4 Å². The first-order valence-electron chi connectivity index (χ1n) is 6.18.